The maximum Gasteiger partial charge on any atom is 0.147 e. The first kappa shape index (κ1) is 17.1. The number of ether oxygens (including phenoxy) is 1. The molecule has 23 heavy (non-hydrogen) atoms. The molecule has 4 unspecified atom stereocenters. The van der Waals surface area contributed by atoms with Gasteiger partial charge in [-0.1, -0.05) is 6.42 Å². The molecule has 130 valence electrons. The molecule has 2 aliphatic heterocycles. The standard InChI is InChI=1S/C16H27N5O.ClH/c1-11-18-16-6-5-12(9-21(16)20-11)19-14-4-2-3-13(14)15-10-22-8-7-17-15;/h12-15,17,19H,2-10H2,1H3;1H. The van der Waals surface area contributed by atoms with Crippen molar-refractivity contribution in [2.45, 2.75) is 63.7 Å². The predicted octanol–water partition coefficient (Wildman–Crippen LogP) is 1.07. The van der Waals surface area contributed by atoms with Gasteiger partial charge in [-0.2, -0.15) is 5.10 Å². The van der Waals surface area contributed by atoms with Crippen LogP contribution < -0.4 is 10.6 Å². The second kappa shape index (κ2) is 7.47. The zero-order valence-electron chi connectivity index (χ0n) is 13.8. The van der Waals surface area contributed by atoms with Crippen LogP contribution >= 0.6 is 12.4 Å². The van der Waals surface area contributed by atoms with Gasteiger partial charge in [0, 0.05) is 31.1 Å². The maximum atomic E-state index is 5.67. The van der Waals surface area contributed by atoms with Crippen molar-refractivity contribution in [3.05, 3.63) is 11.6 Å². The van der Waals surface area contributed by atoms with Gasteiger partial charge in [0.25, 0.3) is 0 Å². The maximum absolute atomic E-state index is 5.67. The number of rotatable bonds is 3. The van der Waals surface area contributed by atoms with Gasteiger partial charge in [-0.25, -0.2) is 9.67 Å². The van der Waals surface area contributed by atoms with Crippen LogP contribution in [0.15, 0.2) is 0 Å². The molecule has 2 N–H and O–H groups in total. The third-order valence-corrected chi connectivity index (χ3v) is 5.45. The van der Waals surface area contributed by atoms with E-state index >= 15 is 0 Å². The molecule has 0 bridgehead atoms. The number of fused-ring (bicyclic) bond motifs is 1. The summed E-state index contributed by atoms with van der Waals surface area (Å²) >= 11 is 0. The van der Waals surface area contributed by atoms with Crippen LogP contribution in [0, 0.1) is 12.8 Å². The van der Waals surface area contributed by atoms with Crippen molar-refractivity contribution < 1.29 is 4.74 Å². The Kier molecular flexibility index (Phi) is 5.57. The normalized spacial score (nSPS) is 34.0. The van der Waals surface area contributed by atoms with Crippen LogP contribution in [0.5, 0.6) is 0 Å². The minimum Gasteiger partial charge on any atom is -0.379 e. The van der Waals surface area contributed by atoms with Gasteiger partial charge in [0.2, 0.25) is 0 Å². The molecule has 0 spiro atoms. The van der Waals surface area contributed by atoms with Crippen molar-refractivity contribution in [1.82, 2.24) is 25.4 Å². The van der Waals surface area contributed by atoms with Crippen LogP contribution in [0.3, 0.4) is 0 Å². The fraction of sp³-hybridized carbons (Fsp3) is 0.875. The summed E-state index contributed by atoms with van der Waals surface area (Å²) in [5.41, 5.74) is 0. The average Bonchev–Trinajstić information content (AvgIpc) is 3.13. The van der Waals surface area contributed by atoms with Gasteiger partial charge in [-0.15, -0.1) is 12.4 Å². The summed E-state index contributed by atoms with van der Waals surface area (Å²) < 4.78 is 7.77. The van der Waals surface area contributed by atoms with Crippen molar-refractivity contribution in [3.8, 4) is 0 Å². The van der Waals surface area contributed by atoms with E-state index < -0.39 is 0 Å². The molecule has 1 aromatic rings. The van der Waals surface area contributed by atoms with Crippen molar-refractivity contribution in [2.75, 3.05) is 19.8 Å². The van der Waals surface area contributed by atoms with E-state index in [1.165, 1.54) is 25.7 Å². The first-order valence-corrected chi connectivity index (χ1v) is 8.77. The topological polar surface area (TPSA) is 64.0 Å². The third-order valence-electron chi connectivity index (χ3n) is 5.45. The molecule has 7 heteroatoms. The average molecular weight is 342 g/mol. The first-order chi connectivity index (χ1) is 10.8. The minimum atomic E-state index is 0. The number of halogens is 1. The molecular formula is C16H28ClN5O. The Morgan fingerprint density at radius 3 is 3.04 bits per heavy atom. The summed E-state index contributed by atoms with van der Waals surface area (Å²) in [5, 5.41) is 12.1. The molecule has 0 radical (unpaired) electrons. The van der Waals surface area contributed by atoms with Gasteiger partial charge in [-0.05, 0) is 32.1 Å². The number of aryl methyl sites for hydroxylation is 2. The molecule has 1 aromatic heterocycles. The van der Waals surface area contributed by atoms with Crippen molar-refractivity contribution in [2.24, 2.45) is 5.92 Å². The van der Waals surface area contributed by atoms with Crippen molar-refractivity contribution >= 4 is 12.4 Å². The molecule has 1 saturated carbocycles. The van der Waals surface area contributed by atoms with E-state index in [9.17, 15) is 0 Å². The molecule has 4 rings (SSSR count). The molecular weight excluding hydrogens is 314 g/mol. The quantitative estimate of drug-likeness (QED) is 0.861. The van der Waals surface area contributed by atoms with Gasteiger partial charge >= 0.3 is 0 Å². The van der Waals surface area contributed by atoms with E-state index in [2.05, 4.69) is 25.4 Å². The Labute approximate surface area is 144 Å². The highest BCUT2D eigenvalue weighted by Crippen LogP contribution is 2.30. The molecule has 1 aliphatic carbocycles. The van der Waals surface area contributed by atoms with Gasteiger partial charge in [0.05, 0.1) is 19.8 Å². The SMILES string of the molecule is Cc1nc2n(n1)CC(NC1CCCC1C1COCCN1)CC2.Cl. The fourth-order valence-electron chi connectivity index (χ4n) is 4.41. The van der Waals surface area contributed by atoms with Crippen LogP contribution in [0.4, 0.5) is 0 Å². The van der Waals surface area contributed by atoms with E-state index in [0.717, 1.165) is 44.4 Å². The largest absolute Gasteiger partial charge is 0.379 e. The number of hydrogen-bond donors (Lipinski definition) is 2. The summed E-state index contributed by atoms with van der Waals surface area (Å²) in [4.78, 5) is 4.50. The van der Waals surface area contributed by atoms with Gasteiger partial charge in [-0.3, -0.25) is 0 Å². The van der Waals surface area contributed by atoms with Crippen LogP contribution in [-0.4, -0.2) is 52.6 Å². The molecule has 2 fully saturated rings. The third kappa shape index (κ3) is 3.71. The predicted molar refractivity (Wildman–Crippen MR) is 91.0 cm³/mol. The summed E-state index contributed by atoms with van der Waals surface area (Å²) in [7, 11) is 0. The lowest BCUT2D eigenvalue weighted by Crippen LogP contribution is -2.53. The Hall–Kier alpha value is -0.690. The second-order valence-electron chi connectivity index (χ2n) is 7.00. The summed E-state index contributed by atoms with van der Waals surface area (Å²) in [6.45, 7) is 5.68. The fourth-order valence-corrected chi connectivity index (χ4v) is 4.41. The molecule has 6 nitrogen and oxygen atoms in total. The minimum absolute atomic E-state index is 0. The second-order valence-corrected chi connectivity index (χ2v) is 7.00. The Bertz CT molecular complexity index is 517. The van der Waals surface area contributed by atoms with E-state index in [-0.39, 0.29) is 12.4 Å². The monoisotopic (exact) mass is 341 g/mol. The number of hydrogen-bond acceptors (Lipinski definition) is 5. The number of aromatic nitrogens is 3. The van der Waals surface area contributed by atoms with Crippen molar-refractivity contribution in [1.29, 1.82) is 0 Å². The zero-order chi connectivity index (χ0) is 14.9. The smallest absolute Gasteiger partial charge is 0.147 e. The van der Waals surface area contributed by atoms with Gasteiger partial charge < -0.3 is 15.4 Å². The van der Waals surface area contributed by atoms with Gasteiger partial charge in [0.15, 0.2) is 0 Å². The zero-order valence-corrected chi connectivity index (χ0v) is 14.6. The van der Waals surface area contributed by atoms with Crippen molar-refractivity contribution in [3.63, 3.8) is 0 Å². The molecule has 3 heterocycles. The highest BCUT2D eigenvalue weighted by Gasteiger charge is 2.36. The summed E-state index contributed by atoms with van der Waals surface area (Å²) in [6, 6.07) is 1.68. The van der Waals surface area contributed by atoms with E-state index in [1.807, 2.05) is 6.92 Å². The molecule has 0 amide bonds. The van der Waals surface area contributed by atoms with Crippen LogP contribution in [0.25, 0.3) is 0 Å². The highest BCUT2D eigenvalue weighted by atomic mass is 35.5. The summed E-state index contributed by atoms with van der Waals surface area (Å²) in [5.74, 6) is 2.76. The van der Waals surface area contributed by atoms with E-state index in [0.29, 0.717) is 24.0 Å². The molecule has 3 aliphatic rings. The molecule has 1 saturated heterocycles. The van der Waals surface area contributed by atoms with Crippen LogP contribution in [0.1, 0.15) is 37.3 Å². The number of nitrogens with zero attached hydrogens (tertiary/aromatic N) is 3. The van der Waals surface area contributed by atoms with E-state index in [4.69, 9.17) is 4.74 Å². The highest BCUT2D eigenvalue weighted by molar-refractivity contribution is 5.85. The summed E-state index contributed by atoms with van der Waals surface area (Å²) in [6.07, 6.45) is 6.17. The Balaban J connectivity index is 0.00000156. The first-order valence-electron chi connectivity index (χ1n) is 8.77. The van der Waals surface area contributed by atoms with Gasteiger partial charge in [0.1, 0.15) is 11.6 Å². The number of morpholine rings is 1. The number of nitrogens with one attached hydrogen (secondary N) is 2. The Morgan fingerprint density at radius 2 is 2.22 bits per heavy atom. The molecule has 0 aromatic carbocycles. The molecule has 4 atom stereocenters. The lowest BCUT2D eigenvalue weighted by atomic mass is 9.93. The lowest BCUT2D eigenvalue weighted by Gasteiger charge is -2.35. The van der Waals surface area contributed by atoms with Crippen LogP contribution in [-0.2, 0) is 17.7 Å². The van der Waals surface area contributed by atoms with Crippen LogP contribution in [0.2, 0.25) is 0 Å². The Morgan fingerprint density at radius 1 is 1.30 bits per heavy atom. The lowest BCUT2D eigenvalue weighted by molar-refractivity contribution is 0.0511. The van der Waals surface area contributed by atoms with E-state index in [1.54, 1.807) is 0 Å².